The quantitative estimate of drug-likeness (QED) is 0.820. The van der Waals surface area contributed by atoms with E-state index in [1.54, 1.807) is 37.3 Å². The smallest absolute Gasteiger partial charge is 0.203 e. The van der Waals surface area contributed by atoms with Gasteiger partial charge in [-0.15, -0.1) is 0 Å². The monoisotopic (exact) mass is 351 g/mol. The van der Waals surface area contributed by atoms with Crippen molar-refractivity contribution in [3.8, 4) is 40.5 Å². The van der Waals surface area contributed by atoms with E-state index in [0.717, 1.165) is 16.7 Å². The summed E-state index contributed by atoms with van der Waals surface area (Å²) >= 11 is 0. The average molecular weight is 351 g/mol. The van der Waals surface area contributed by atoms with Gasteiger partial charge in [0, 0.05) is 19.7 Å². The Morgan fingerprint density at radius 1 is 0.885 bits per heavy atom. The maximum absolute atomic E-state index is 9.83. The first-order valence-electron chi connectivity index (χ1n) is 7.88. The van der Waals surface area contributed by atoms with Gasteiger partial charge in [0.2, 0.25) is 5.75 Å². The van der Waals surface area contributed by atoms with Crippen molar-refractivity contribution in [3.05, 3.63) is 34.9 Å². The van der Waals surface area contributed by atoms with Gasteiger partial charge < -0.3 is 19.1 Å². The molecule has 0 saturated heterocycles. The molecule has 6 heteroatoms. The Labute approximate surface area is 153 Å². The van der Waals surface area contributed by atoms with Gasteiger partial charge in [0.15, 0.2) is 11.5 Å². The fourth-order valence-electron chi connectivity index (χ4n) is 3.06. The number of benzene rings is 2. The molecule has 26 heavy (non-hydrogen) atoms. The normalized spacial score (nSPS) is 9.85. The van der Waals surface area contributed by atoms with Crippen LogP contribution in [0.5, 0.6) is 17.2 Å². The van der Waals surface area contributed by atoms with Gasteiger partial charge in [-0.25, -0.2) is 0 Å². The number of nitriles is 2. The number of methoxy groups -OCH3 is 3. The third-order valence-electron chi connectivity index (χ3n) is 4.13. The van der Waals surface area contributed by atoms with Crippen molar-refractivity contribution in [1.82, 2.24) is 0 Å². The third kappa shape index (κ3) is 3.10. The zero-order valence-electron chi connectivity index (χ0n) is 15.8. The van der Waals surface area contributed by atoms with E-state index in [1.165, 1.54) is 7.11 Å². The van der Waals surface area contributed by atoms with Crippen molar-refractivity contribution in [2.45, 2.75) is 6.92 Å². The van der Waals surface area contributed by atoms with Crippen LogP contribution in [0.3, 0.4) is 0 Å². The minimum atomic E-state index is 0.431. The molecule has 0 bridgehead atoms. The zero-order chi connectivity index (χ0) is 19.4. The highest BCUT2D eigenvalue weighted by Gasteiger charge is 2.22. The maximum Gasteiger partial charge on any atom is 0.203 e. The second-order valence-electron chi connectivity index (χ2n) is 5.87. The second kappa shape index (κ2) is 7.67. The van der Waals surface area contributed by atoms with Crippen LogP contribution in [0.4, 0.5) is 5.69 Å². The van der Waals surface area contributed by atoms with E-state index < -0.39 is 0 Å². The molecule has 0 amide bonds. The van der Waals surface area contributed by atoms with E-state index in [0.29, 0.717) is 34.1 Å². The number of ether oxygens (including phenoxy) is 3. The topological polar surface area (TPSA) is 78.5 Å². The number of nitrogens with zero attached hydrogens (tertiary/aromatic N) is 3. The van der Waals surface area contributed by atoms with Gasteiger partial charge in [-0.3, -0.25) is 0 Å². The first-order chi connectivity index (χ1) is 12.4. The molecule has 2 aromatic rings. The van der Waals surface area contributed by atoms with Crippen molar-refractivity contribution in [1.29, 1.82) is 10.5 Å². The summed E-state index contributed by atoms with van der Waals surface area (Å²) in [5.41, 5.74) is 3.78. The van der Waals surface area contributed by atoms with Gasteiger partial charge >= 0.3 is 0 Å². The molecule has 0 unspecified atom stereocenters. The summed E-state index contributed by atoms with van der Waals surface area (Å²) in [5.74, 6) is 1.48. The summed E-state index contributed by atoms with van der Waals surface area (Å²) in [6.45, 7) is 1.87. The molecule has 0 aliphatic carbocycles. The predicted octanol–water partition coefficient (Wildman–Crippen LogP) is 3.50. The Bertz CT molecular complexity index is 896. The summed E-state index contributed by atoms with van der Waals surface area (Å²) in [5, 5.41) is 19.3. The van der Waals surface area contributed by atoms with E-state index in [1.807, 2.05) is 21.0 Å². The molecule has 0 aromatic heterocycles. The Balaban J connectivity index is 2.92. The summed E-state index contributed by atoms with van der Waals surface area (Å²) in [7, 11) is 8.25. The Morgan fingerprint density at radius 2 is 1.46 bits per heavy atom. The average Bonchev–Trinajstić information content (AvgIpc) is 2.65. The standard InChI is InChI=1S/C20H21N3O3/c1-12-7-14(10-21)19(23(2)3)15(11-22)18(12)13-8-16(24-4)20(26-6)17(9-13)25-5/h7-9H,1-6H3. The van der Waals surface area contributed by atoms with Crippen molar-refractivity contribution >= 4 is 5.69 Å². The highest BCUT2D eigenvalue weighted by molar-refractivity contribution is 5.85. The zero-order valence-corrected chi connectivity index (χ0v) is 15.8. The van der Waals surface area contributed by atoms with Crippen LogP contribution in [-0.4, -0.2) is 35.4 Å². The molecule has 6 nitrogen and oxygen atoms in total. The number of hydrogen-bond donors (Lipinski definition) is 0. The van der Waals surface area contributed by atoms with Crippen molar-refractivity contribution in [2.75, 3.05) is 40.3 Å². The first-order valence-corrected chi connectivity index (χ1v) is 7.88. The molecule has 0 atom stereocenters. The van der Waals surface area contributed by atoms with E-state index in [9.17, 15) is 10.5 Å². The van der Waals surface area contributed by atoms with Crippen LogP contribution >= 0.6 is 0 Å². The van der Waals surface area contributed by atoms with Gasteiger partial charge in [0.05, 0.1) is 38.1 Å². The summed E-state index contributed by atoms with van der Waals surface area (Å²) in [6.07, 6.45) is 0. The lowest BCUT2D eigenvalue weighted by atomic mass is 9.91. The molecule has 0 aliphatic rings. The molecule has 0 radical (unpaired) electrons. The van der Waals surface area contributed by atoms with Crippen molar-refractivity contribution in [2.24, 2.45) is 0 Å². The number of aryl methyl sites for hydroxylation is 1. The molecule has 0 saturated carbocycles. The Hall–Kier alpha value is -3.38. The van der Waals surface area contributed by atoms with Gasteiger partial charge in [-0.05, 0) is 36.2 Å². The van der Waals surface area contributed by atoms with Crippen LogP contribution in [0.2, 0.25) is 0 Å². The van der Waals surface area contributed by atoms with Crippen molar-refractivity contribution < 1.29 is 14.2 Å². The molecule has 0 spiro atoms. The molecule has 0 N–H and O–H groups in total. The molecule has 2 aromatic carbocycles. The lowest BCUT2D eigenvalue weighted by Crippen LogP contribution is -2.13. The van der Waals surface area contributed by atoms with Gasteiger partial charge in [0.1, 0.15) is 12.1 Å². The van der Waals surface area contributed by atoms with Gasteiger partial charge in [0.25, 0.3) is 0 Å². The molecule has 0 aliphatic heterocycles. The number of rotatable bonds is 5. The minimum absolute atomic E-state index is 0.431. The predicted molar refractivity (Wildman–Crippen MR) is 100 cm³/mol. The third-order valence-corrected chi connectivity index (χ3v) is 4.13. The Kier molecular flexibility index (Phi) is 5.59. The summed E-state index contributed by atoms with van der Waals surface area (Å²) in [4.78, 5) is 1.78. The Morgan fingerprint density at radius 3 is 1.85 bits per heavy atom. The highest BCUT2D eigenvalue weighted by Crippen LogP contribution is 2.44. The fraction of sp³-hybridized carbons (Fsp3) is 0.300. The highest BCUT2D eigenvalue weighted by atomic mass is 16.5. The molecule has 134 valence electrons. The molecule has 2 rings (SSSR count). The molecule has 0 fully saturated rings. The summed E-state index contributed by atoms with van der Waals surface area (Å²) in [6, 6.07) is 9.82. The van der Waals surface area contributed by atoms with Crippen LogP contribution in [0, 0.1) is 29.6 Å². The number of anilines is 1. The lowest BCUT2D eigenvalue weighted by molar-refractivity contribution is 0.324. The van der Waals surface area contributed by atoms with E-state index in [2.05, 4.69) is 12.1 Å². The second-order valence-corrected chi connectivity index (χ2v) is 5.87. The van der Waals surface area contributed by atoms with Gasteiger partial charge in [-0.1, -0.05) is 0 Å². The number of hydrogen-bond acceptors (Lipinski definition) is 6. The molecular formula is C20H21N3O3. The van der Waals surface area contributed by atoms with E-state index >= 15 is 0 Å². The lowest BCUT2D eigenvalue weighted by Gasteiger charge is -2.21. The molecule has 0 heterocycles. The first kappa shape index (κ1) is 19.0. The minimum Gasteiger partial charge on any atom is -0.493 e. The van der Waals surface area contributed by atoms with Crippen LogP contribution in [0.25, 0.3) is 11.1 Å². The summed E-state index contributed by atoms with van der Waals surface area (Å²) < 4.78 is 16.2. The SMILES string of the molecule is COc1cc(-c2c(C)cc(C#N)c(N(C)C)c2C#N)cc(OC)c1OC. The van der Waals surface area contributed by atoms with Gasteiger partial charge in [-0.2, -0.15) is 10.5 Å². The maximum atomic E-state index is 9.83. The van der Waals surface area contributed by atoms with Crippen LogP contribution in [0.1, 0.15) is 16.7 Å². The van der Waals surface area contributed by atoms with Crippen LogP contribution in [-0.2, 0) is 0 Å². The van der Waals surface area contributed by atoms with Crippen molar-refractivity contribution in [3.63, 3.8) is 0 Å². The van der Waals surface area contributed by atoms with Crippen LogP contribution < -0.4 is 19.1 Å². The fourth-order valence-corrected chi connectivity index (χ4v) is 3.06. The van der Waals surface area contributed by atoms with E-state index in [4.69, 9.17) is 14.2 Å². The van der Waals surface area contributed by atoms with Crippen LogP contribution in [0.15, 0.2) is 18.2 Å². The largest absolute Gasteiger partial charge is 0.493 e. The molecular weight excluding hydrogens is 330 g/mol. The van der Waals surface area contributed by atoms with E-state index in [-0.39, 0.29) is 0 Å².